The Kier molecular flexibility index (Phi) is 11.1. The van der Waals surface area contributed by atoms with E-state index < -0.39 is 16.1 Å². The van der Waals surface area contributed by atoms with E-state index in [4.69, 9.17) is 5.11 Å². The third-order valence-corrected chi connectivity index (χ3v) is 5.16. The van der Waals surface area contributed by atoms with Gasteiger partial charge in [-0.15, -0.1) is 0 Å². The van der Waals surface area contributed by atoms with Crippen LogP contribution in [0.15, 0.2) is 0 Å². The largest absolute Gasteiger partial charge is 0.396 e. The van der Waals surface area contributed by atoms with Crippen molar-refractivity contribution in [2.45, 2.75) is 39.2 Å². The van der Waals surface area contributed by atoms with Crippen LogP contribution in [0.4, 0.5) is 0 Å². The number of thioether (sulfide) groups is 1. The second kappa shape index (κ2) is 11.3. The molecule has 0 radical (unpaired) electrons. The molecule has 0 fully saturated rings. The van der Waals surface area contributed by atoms with Gasteiger partial charge >= 0.3 is 0 Å². The lowest BCUT2D eigenvalue weighted by Gasteiger charge is -2.18. The summed E-state index contributed by atoms with van der Waals surface area (Å²) in [5, 5.41) is 11.7. The molecule has 0 aromatic rings. The van der Waals surface area contributed by atoms with Crippen molar-refractivity contribution in [1.29, 1.82) is 0 Å². The fourth-order valence-corrected chi connectivity index (χ4v) is 2.95. The second-order valence-electron chi connectivity index (χ2n) is 5.08. The smallest absolute Gasteiger partial charge is 0.238 e. The van der Waals surface area contributed by atoms with Crippen molar-refractivity contribution in [2.75, 3.05) is 30.9 Å². The molecule has 0 aromatic heterocycles. The Balaban J connectivity index is 4.31. The normalized spacial score (nSPS) is 14.7. The maximum Gasteiger partial charge on any atom is 0.238 e. The summed E-state index contributed by atoms with van der Waals surface area (Å²) in [5.74, 6) is 0.612. The van der Waals surface area contributed by atoms with E-state index in [0.29, 0.717) is 18.7 Å². The molecule has 0 aliphatic heterocycles. The van der Waals surface area contributed by atoms with Gasteiger partial charge in [-0.2, -0.15) is 11.8 Å². The van der Waals surface area contributed by atoms with Crippen LogP contribution in [0.25, 0.3) is 0 Å². The molecule has 0 heterocycles. The van der Waals surface area contributed by atoms with Crippen LogP contribution in [0.3, 0.4) is 0 Å². The zero-order valence-electron chi connectivity index (χ0n) is 13.1. The fraction of sp³-hybridized carbons (Fsp3) is 0.923. The van der Waals surface area contributed by atoms with Crippen molar-refractivity contribution in [3.8, 4) is 0 Å². The molecular formula is C13H28N2O4S2. The fourth-order valence-electron chi connectivity index (χ4n) is 1.66. The molecular weight excluding hydrogens is 312 g/mol. The topological polar surface area (TPSA) is 95.5 Å². The summed E-state index contributed by atoms with van der Waals surface area (Å²) in [7, 11) is -3.40. The van der Waals surface area contributed by atoms with Crippen LogP contribution in [-0.2, 0) is 14.8 Å². The minimum atomic E-state index is -3.40. The SMILES string of the molecule is CCS(=O)(=O)NC(CCSC)C(=O)NCCCC(C)CO. The summed E-state index contributed by atoms with van der Waals surface area (Å²) in [6, 6.07) is -0.710. The summed E-state index contributed by atoms with van der Waals surface area (Å²) in [6.45, 7) is 4.12. The molecule has 0 aromatic carbocycles. The Hall–Kier alpha value is -0.310. The van der Waals surface area contributed by atoms with Gasteiger partial charge in [0.15, 0.2) is 0 Å². The lowest BCUT2D eigenvalue weighted by atomic mass is 10.1. The van der Waals surface area contributed by atoms with E-state index in [1.165, 1.54) is 0 Å². The van der Waals surface area contributed by atoms with E-state index in [9.17, 15) is 13.2 Å². The van der Waals surface area contributed by atoms with E-state index in [2.05, 4.69) is 10.0 Å². The second-order valence-corrected chi connectivity index (χ2v) is 8.10. The average Bonchev–Trinajstić information content (AvgIpc) is 2.47. The first kappa shape index (κ1) is 20.7. The highest BCUT2D eigenvalue weighted by molar-refractivity contribution is 7.98. The maximum atomic E-state index is 12.1. The predicted molar refractivity (Wildman–Crippen MR) is 87.9 cm³/mol. The van der Waals surface area contributed by atoms with Crippen molar-refractivity contribution < 1.29 is 18.3 Å². The lowest BCUT2D eigenvalue weighted by molar-refractivity contribution is -0.122. The molecule has 8 heteroatoms. The molecule has 0 rings (SSSR count). The Bertz CT molecular complexity index is 388. The third kappa shape index (κ3) is 10.1. The predicted octanol–water partition coefficient (Wildman–Crippen LogP) is 0.572. The molecule has 21 heavy (non-hydrogen) atoms. The van der Waals surface area contributed by atoms with Crippen molar-refractivity contribution >= 4 is 27.7 Å². The highest BCUT2D eigenvalue weighted by atomic mass is 32.2. The highest BCUT2D eigenvalue weighted by Crippen LogP contribution is 2.05. The number of carbonyl (C=O) groups is 1. The number of carbonyl (C=O) groups excluding carboxylic acids is 1. The van der Waals surface area contributed by atoms with E-state index >= 15 is 0 Å². The molecule has 0 aliphatic carbocycles. The number of aliphatic hydroxyl groups excluding tert-OH is 1. The van der Waals surface area contributed by atoms with Gasteiger partial charge in [0.25, 0.3) is 0 Å². The third-order valence-electron chi connectivity index (χ3n) is 3.11. The number of sulfonamides is 1. The number of hydrogen-bond donors (Lipinski definition) is 3. The van der Waals surface area contributed by atoms with Gasteiger partial charge in [0.1, 0.15) is 6.04 Å². The number of aliphatic hydroxyl groups is 1. The summed E-state index contributed by atoms with van der Waals surface area (Å²) in [6.07, 6.45) is 3.98. The molecule has 2 unspecified atom stereocenters. The Morgan fingerprint density at radius 3 is 2.52 bits per heavy atom. The molecule has 6 nitrogen and oxygen atoms in total. The molecule has 0 aliphatic rings. The zero-order valence-corrected chi connectivity index (χ0v) is 14.7. The van der Waals surface area contributed by atoms with Gasteiger partial charge in [-0.05, 0) is 44.1 Å². The monoisotopic (exact) mass is 340 g/mol. The van der Waals surface area contributed by atoms with Crippen molar-refractivity contribution in [1.82, 2.24) is 10.0 Å². The van der Waals surface area contributed by atoms with Crippen LogP contribution >= 0.6 is 11.8 Å². The van der Waals surface area contributed by atoms with Crippen LogP contribution in [0.1, 0.15) is 33.1 Å². The van der Waals surface area contributed by atoms with Gasteiger partial charge < -0.3 is 10.4 Å². The summed E-state index contributed by atoms with van der Waals surface area (Å²) in [5.41, 5.74) is 0. The first-order valence-corrected chi connectivity index (χ1v) is 10.3. The molecule has 0 saturated carbocycles. The molecule has 126 valence electrons. The van der Waals surface area contributed by atoms with Gasteiger partial charge in [-0.3, -0.25) is 4.79 Å². The summed E-state index contributed by atoms with van der Waals surface area (Å²) >= 11 is 1.57. The molecule has 0 saturated heterocycles. The molecule has 0 spiro atoms. The van der Waals surface area contributed by atoms with Gasteiger partial charge in [-0.1, -0.05) is 6.92 Å². The van der Waals surface area contributed by atoms with E-state index in [0.717, 1.165) is 12.8 Å². The quantitative estimate of drug-likeness (QED) is 0.452. The van der Waals surface area contributed by atoms with Gasteiger partial charge in [-0.25, -0.2) is 13.1 Å². The summed E-state index contributed by atoms with van der Waals surface area (Å²) in [4.78, 5) is 12.1. The number of nitrogens with one attached hydrogen (secondary N) is 2. The molecule has 3 N–H and O–H groups in total. The average molecular weight is 341 g/mol. The Labute approximate surface area is 132 Å². The zero-order chi connectivity index (χ0) is 16.3. The van der Waals surface area contributed by atoms with Gasteiger partial charge in [0.2, 0.25) is 15.9 Å². The standard InChI is InChI=1S/C13H28N2O4S2/c1-4-21(18,19)15-12(7-9-20-3)13(17)14-8-5-6-11(2)10-16/h11-12,15-16H,4-10H2,1-3H3,(H,14,17). The Morgan fingerprint density at radius 2 is 2.00 bits per heavy atom. The van der Waals surface area contributed by atoms with E-state index in [-0.39, 0.29) is 24.2 Å². The number of hydrogen-bond acceptors (Lipinski definition) is 5. The van der Waals surface area contributed by atoms with Crippen LogP contribution < -0.4 is 10.0 Å². The van der Waals surface area contributed by atoms with E-state index in [1.807, 2.05) is 13.2 Å². The van der Waals surface area contributed by atoms with Crippen LogP contribution in [0.2, 0.25) is 0 Å². The number of rotatable bonds is 12. The van der Waals surface area contributed by atoms with Crippen molar-refractivity contribution in [3.05, 3.63) is 0 Å². The minimum absolute atomic E-state index is 0.0376. The van der Waals surface area contributed by atoms with E-state index in [1.54, 1.807) is 18.7 Å². The van der Waals surface area contributed by atoms with Crippen LogP contribution in [0, 0.1) is 5.92 Å². The van der Waals surface area contributed by atoms with Crippen LogP contribution in [-0.4, -0.2) is 56.4 Å². The van der Waals surface area contributed by atoms with Crippen molar-refractivity contribution in [3.63, 3.8) is 0 Å². The minimum Gasteiger partial charge on any atom is -0.396 e. The lowest BCUT2D eigenvalue weighted by Crippen LogP contribution is -2.47. The first-order chi connectivity index (χ1) is 9.86. The molecule has 0 bridgehead atoms. The summed E-state index contributed by atoms with van der Waals surface area (Å²) < 4.78 is 25.7. The maximum absolute atomic E-state index is 12.1. The highest BCUT2D eigenvalue weighted by Gasteiger charge is 2.22. The Morgan fingerprint density at radius 1 is 1.33 bits per heavy atom. The molecule has 1 amide bonds. The van der Waals surface area contributed by atoms with Gasteiger partial charge in [0.05, 0.1) is 5.75 Å². The molecule has 2 atom stereocenters. The van der Waals surface area contributed by atoms with Crippen LogP contribution in [0.5, 0.6) is 0 Å². The number of amides is 1. The first-order valence-electron chi connectivity index (χ1n) is 7.23. The van der Waals surface area contributed by atoms with Crippen molar-refractivity contribution in [2.24, 2.45) is 5.92 Å². The van der Waals surface area contributed by atoms with Gasteiger partial charge in [0, 0.05) is 13.2 Å².